The SMILES string of the molecule is CC(CN)c1noc(-c2cc(Cl)ccc2I)n1. The highest BCUT2D eigenvalue weighted by molar-refractivity contribution is 14.1. The van der Waals surface area contributed by atoms with Crippen LogP contribution < -0.4 is 5.73 Å². The smallest absolute Gasteiger partial charge is 0.259 e. The number of benzene rings is 1. The van der Waals surface area contributed by atoms with Gasteiger partial charge in [0, 0.05) is 21.1 Å². The highest BCUT2D eigenvalue weighted by atomic mass is 127. The van der Waals surface area contributed by atoms with Crippen LogP contribution in [-0.4, -0.2) is 16.7 Å². The van der Waals surface area contributed by atoms with Gasteiger partial charge in [-0.1, -0.05) is 23.7 Å². The van der Waals surface area contributed by atoms with Gasteiger partial charge in [-0.05, 0) is 40.8 Å². The molecule has 0 saturated heterocycles. The number of hydrogen-bond donors (Lipinski definition) is 1. The number of aromatic nitrogens is 2. The van der Waals surface area contributed by atoms with Crippen molar-refractivity contribution >= 4 is 34.2 Å². The Kier molecular flexibility index (Phi) is 4.01. The molecule has 1 unspecified atom stereocenters. The summed E-state index contributed by atoms with van der Waals surface area (Å²) in [5, 5.41) is 4.57. The number of nitrogens with zero attached hydrogens (tertiary/aromatic N) is 2. The van der Waals surface area contributed by atoms with Crippen molar-refractivity contribution in [2.45, 2.75) is 12.8 Å². The Balaban J connectivity index is 2.40. The van der Waals surface area contributed by atoms with Crippen LogP contribution in [0.3, 0.4) is 0 Å². The molecule has 17 heavy (non-hydrogen) atoms. The van der Waals surface area contributed by atoms with Crippen LogP contribution in [0.5, 0.6) is 0 Å². The topological polar surface area (TPSA) is 64.9 Å². The maximum Gasteiger partial charge on any atom is 0.259 e. The number of halogens is 2. The molecule has 0 amide bonds. The van der Waals surface area contributed by atoms with Crippen LogP contribution >= 0.6 is 34.2 Å². The Morgan fingerprint density at radius 1 is 1.53 bits per heavy atom. The van der Waals surface area contributed by atoms with Crippen LogP contribution in [0.15, 0.2) is 22.7 Å². The molecule has 0 aliphatic heterocycles. The lowest BCUT2D eigenvalue weighted by molar-refractivity contribution is 0.417. The summed E-state index contributed by atoms with van der Waals surface area (Å²) in [6, 6.07) is 5.55. The summed E-state index contributed by atoms with van der Waals surface area (Å²) in [4.78, 5) is 4.33. The monoisotopic (exact) mass is 363 g/mol. The summed E-state index contributed by atoms with van der Waals surface area (Å²) in [6.45, 7) is 2.45. The quantitative estimate of drug-likeness (QED) is 0.851. The van der Waals surface area contributed by atoms with E-state index in [1.54, 1.807) is 0 Å². The standard InChI is InChI=1S/C11H11ClIN3O/c1-6(5-14)10-15-11(17-16-10)8-4-7(12)2-3-9(8)13/h2-4,6H,5,14H2,1H3. The zero-order valence-corrected chi connectivity index (χ0v) is 12.1. The van der Waals surface area contributed by atoms with Gasteiger partial charge in [-0.2, -0.15) is 4.98 Å². The predicted octanol–water partition coefficient (Wildman–Crippen LogP) is 3.06. The summed E-state index contributed by atoms with van der Waals surface area (Å²) < 4.78 is 6.25. The van der Waals surface area contributed by atoms with Crippen LogP contribution in [0.2, 0.25) is 5.02 Å². The van der Waals surface area contributed by atoms with E-state index < -0.39 is 0 Å². The van der Waals surface area contributed by atoms with Crippen molar-refractivity contribution in [2.75, 3.05) is 6.54 Å². The second-order valence-electron chi connectivity index (χ2n) is 3.72. The average molecular weight is 364 g/mol. The average Bonchev–Trinajstić information content (AvgIpc) is 2.80. The molecule has 1 atom stereocenters. The molecule has 0 aliphatic rings. The van der Waals surface area contributed by atoms with Crippen LogP contribution in [0.4, 0.5) is 0 Å². The molecule has 0 radical (unpaired) electrons. The van der Waals surface area contributed by atoms with E-state index in [0.717, 1.165) is 9.13 Å². The van der Waals surface area contributed by atoms with E-state index in [1.165, 1.54) is 0 Å². The van der Waals surface area contributed by atoms with Crippen molar-refractivity contribution in [3.05, 3.63) is 32.6 Å². The second-order valence-corrected chi connectivity index (χ2v) is 5.32. The van der Waals surface area contributed by atoms with E-state index in [9.17, 15) is 0 Å². The third-order valence-electron chi connectivity index (χ3n) is 2.39. The summed E-state index contributed by atoms with van der Waals surface area (Å²) in [6.07, 6.45) is 0. The van der Waals surface area contributed by atoms with Crippen molar-refractivity contribution in [1.82, 2.24) is 10.1 Å². The van der Waals surface area contributed by atoms with Crippen molar-refractivity contribution < 1.29 is 4.52 Å². The molecule has 1 aromatic carbocycles. The zero-order chi connectivity index (χ0) is 12.4. The maximum absolute atomic E-state index is 5.95. The van der Waals surface area contributed by atoms with E-state index in [1.807, 2.05) is 25.1 Å². The van der Waals surface area contributed by atoms with Crippen molar-refractivity contribution in [3.8, 4) is 11.5 Å². The minimum Gasteiger partial charge on any atom is -0.334 e. The Hall–Kier alpha value is -0.660. The highest BCUT2D eigenvalue weighted by Gasteiger charge is 2.15. The van der Waals surface area contributed by atoms with Crippen molar-refractivity contribution in [3.63, 3.8) is 0 Å². The lowest BCUT2D eigenvalue weighted by Crippen LogP contribution is -2.10. The Labute approximate surface area is 118 Å². The van der Waals surface area contributed by atoms with E-state index in [2.05, 4.69) is 32.7 Å². The number of hydrogen-bond acceptors (Lipinski definition) is 4. The van der Waals surface area contributed by atoms with Gasteiger partial charge in [0.25, 0.3) is 5.89 Å². The highest BCUT2D eigenvalue weighted by Crippen LogP contribution is 2.27. The normalized spacial score (nSPS) is 12.7. The molecular formula is C11H11ClIN3O. The minimum absolute atomic E-state index is 0.0874. The van der Waals surface area contributed by atoms with Crippen molar-refractivity contribution in [1.29, 1.82) is 0 Å². The molecular weight excluding hydrogens is 352 g/mol. The predicted molar refractivity (Wildman–Crippen MR) is 74.9 cm³/mol. The minimum atomic E-state index is 0.0874. The van der Waals surface area contributed by atoms with Crippen LogP contribution in [0.1, 0.15) is 18.7 Å². The third kappa shape index (κ3) is 2.78. The first-order valence-electron chi connectivity index (χ1n) is 5.11. The summed E-state index contributed by atoms with van der Waals surface area (Å²) in [5.74, 6) is 1.19. The Bertz CT molecular complexity index is 529. The van der Waals surface area contributed by atoms with Gasteiger partial charge < -0.3 is 10.3 Å². The van der Waals surface area contributed by atoms with E-state index >= 15 is 0 Å². The molecule has 0 bridgehead atoms. The molecule has 6 heteroatoms. The first kappa shape index (κ1) is 12.8. The number of rotatable bonds is 3. The molecule has 0 saturated carbocycles. The van der Waals surface area contributed by atoms with Gasteiger partial charge >= 0.3 is 0 Å². The molecule has 0 fully saturated rings. The van der Waals surface area contributed by atoms with Gasteiger partial charge in [-0.15, -0.1) is 0 Å². The van der Waals surface area contributed by atoms with E-state index in [0.29, 0.717) is 23.3 Å². The van der Waals surface area contributed by atoms with E-state index in [-0.39, 0.29) is 5.92 Å². The van der Waals surface area contributed by atoms with Gasteiger partial charge in [0.1, 0.15) is 0 Å². The summed E-state index contributed by atoms with van der Waals surface area (Å²) >= 11 is 8.16. The Morgan fingerprint density at radius 2 is 2.29 bits per heavy atom. The fourth-order valence-corrected chi connectivity index (χ4v) is 2.05. The third-order valence-corrected chi connectivity index (χ3v) is 3.57. The van der Waals surface area contributed by atoms with Gasteiger partial charge in [0.15, 0.2) is 5.82 Å². The Morgan fingerprint density at radius 3 is 3.00 bits per heavy atom. The summed E-state index contributed by atoms with van der Waals surface area (Å²) in [7, 11) is 0. The molecule has 1 aromatic heterocycles. The molecule has 1 heterocycles. The van der Waals surface area contributed by atoms with Gasteiger partial charge in [-0.3, -0.25) is 0 Å². The molecule has 0 spiro atoms. The molecule has 2 rings (SSSR count). The van der Waals surface area contributed by atoms with Crippen LogP contribution in [-0.2, 0) is 0 Å². The molecule has 4 nitrogen and oxygen atoms in total. The first-order valence-corrected chi connectivity index (χ1v) is 6.56. The molecule has 90 valence electrons. The molecule has 2 N–H and O–H groups in total. The fraction of sp³-hybridized carbons (Fsp3) is 0.273. The lowest BCUT2D eigenvalue weighted by Gasteiger charge is -2.00. The largest absolute Gasteiger partial charge is 0.334 e. The first-order chi connectivity index (χ1) is 8.11. The van der Waals surface area contributed by atoms with E-state index in [4.69, 9.17) is 21.9 Å². The second kappa shape index (κ2) is 5.32. The van der Waals surface area contributed by atoms with Crippen LogP contribution in [0, 0.1) is 3.57 Å². The zero-order valence-electron chi connectivity index (χ0n) is 9.15. The van der Waals surface area contributed by atoms with Gasteiger partial charge in [0.2, 0.25) is 0 Å². The van der Waals surface area contributed by atoms with Crippen LogP contribution in [0.25, 0.3) is 11.5 Å². The maximum atomic E-state index is 5.95. The fourth-order valence-electron chi connectivity index (χ4n) is 1.31. The lowest BCUT2D eigenvalue weighted by atomic mass is 10.2. The summed E-state index contributed by atoms with van der Waals surface area (Å²) in [5.41, 5.74) is 6.41. The van der Waals surface area contributed by atoms with Gasteiger partial charge in [0.05, 0.1) is 5.56 Å². The molecule has 0 aliphatic carbocycles. The van der Waals surface area contributed by atoms with Gasteiger partial charge in [-0.25, -0.2) is 0 Å². The molecule has 2 aromatic rings. The van der Waals surface area contributed by atoms with Crippen molar-refractivity contribution in [2.24, 2.45) is 5.73 Å². The number of nitrogens with two attached hydrogens (primary N) is 1.